The van der Waals surface area contributed by atoms with Crippen molar-refractivity contribution in [3.63, 3.8) is 0 Å². The Morgan fingerprint density at radius 3 is 2.30 bits per heavy atom. The fourth-order valence-electron chi connectivity index (χ4n) is 2.16. The van der Waals surface area contributed by atoms with Crippen LogP contribution in [0, 0.1) is 5.82 Å². The van der Waals surface area contributed by atoms with Crippen molar-refractivity contribution in [1.82, 2.24) is 4.90 Å². The highest BCUT2D eigenvalue weighted by Crippen LogP contribution is 2.24. The third kappa shape index (κ3) is 5.19. The monoisotopic (exact) mass is 302 g/mol. The first-order chi connectivity index (χ1) is 9.24. The van der Waals surface area contributed by atoms with Crippen molar-refractivity contribution in [2.75, 3.05) is 25.6 Å². The molecule has 114 valence electrons. The smallest absolute Gasteiger partial charge is 0.148 e. The number of hydrogen-bond donors (Lipinski definition) is 1. The van der Waals surface area contributed by atoms with E-state index in [0.29, 0.717) is 6.54 Å². The fraction of sp³-hybridized carbons (Fsp3) is 0.571. The topological polar surface area (TPSA) is 63.4 Å². The van der Waals surface area contributed by atoms with Crippen molar-refractivity contribution in [1.29, 1.82) is 0 Å². The number of sulfone groups is 1. The highest BCUT2D eigenvalue weighted by Gasteiger charge is 2.23. The Morgan fingerprint density at radius 1 is 1.30 bits per heavy atom. The molecule has 0 aliphatic carbocycles. The molecule has 0 heterocycles. The summed E-state index contributed by atoms with van der Waals surface area (Å²) >= 11 is 0. The van der Waals surface area contributed by atoms with Gasteiger partial charge in [0.05, 0.1) is 5.75 Å². The van der Waals surface area contributed by atoms with Gasteiger partial charge in [-0.3, -0.25) is 4.90 Å². The van der Waals surface area contributed by atoms with Crippen LogP contribution in [-0.2, 0) is 9.84 Å². The number of hydrogen-bond acceptors (Lipinski definition) is 4. The molecule has 0 saturated carbocycles. The van der Waals surface area contributed by atoms with Crippen LogP contribution in [-0.4, -0.2) is 45.0 Å². The highest BCUT2D eigenvalue weighted by molar-refractivity contribution is 7.90. The van der Waals surface area contributed by atoms with Gasteiger partial charge in [-0.2, -0.15) is 0 Å². The molecule has 2 atom stereocenters. The van der Waals surface area contributed by atoms with Crippen molar-refractivity contribution in [2.24, 2.45) is 5.73 Å². The Kier molecular flexibility index (Phi) is 6.10. The molecule has 1 aromatic carbocycles. The predicted octanol–water partition coefficient (Wildman–Crippen LogP) is 1.58. The summed E-state index contributed by atoms with van der Waals surface area (Å²) in [4.78, 5) is 1.92. The molecule has 4 nitrogen and oxygen atoms in total. The lowest BCUT2D eigenvalue weighted by molar-refractivity contribution is 0.220. The van der Waals surface area contributed by atoms with Crippen LogP contribution in [0.3, 0.4) is 0 Å². The summed E-state index contributed by atoms with van der Waals surface area (Å²) in [5, 5.41) is 0. The summed E-state index contributed by atoms with van der Waals surface area (Å²) in [5.74, 6) is -0.214. The Morgan fingerprint density at radius 2 is 1.85 bits per heavy atom. The quantitative estimate of drug-likeness (QED) is 0.830. The molecular formula is C14H23FN2O2S. The standard InChI is InChI=1S/C14H23FN2O2S/c1-4-13(16)14(11-5-7-12(15)8-6-11)17(2)9-10-20(3,18)19/h5-8,13-14H,4,9-10,16H2,1-3H3. The van der Waals surface area contributed by atoms with Crippen molar-refractivity contribution in [3.8, 4) is 0 Å². The third-order valence-electron chi connectivity index (χ3n) is 3.38. The maximum Gasteiger partial charge on any atom is 0.148 e. The van der Waals surface area contributed by atoms with Gasteiger partial charge in [-0.25, -0.2) is 12.8 Å². The zero-order chi connectivity index (χ0) is 15.3. The van der Waals surface area contributed by atoms with Gasteiger partial charge in [0.1, 0.15) is 15.7 Å². The molecule has 20 heavy (non-hydrogen) atoms. The van der Waals surface area contributed by atoms with Crippen LogP contribution < -0.4 is 5.73 Å². The molecule has 0 aromatic heterocycles. The molecule has 1 rings (SSSR count). The first-order valence-electron chi connectivity index (χ1n) is 6.63. The first kappa shape index (κ1) is 17.1. The molecule has 6 heteroatoms. The fourth-order valence-corrected chi connectivity index (χ4v) is 2.78. The van der Waals surface area contributed by atoms with Gasteiger partial charge in [-0.15, -0.1) is 0 Å². The largest absolute Gasteiger partial charge is 0.326 e. The molecular weight excluding hydrogens is 279 g/mol. The molecule has 0 aliphatic heterocycles. The highest BCUT2D eigenvalue weighted by atomic mass is 32.2. The van der Waals surface area contributed by atoms with E-state index in [1.807, 2.05) is 18.9 Å². The Bertz CT molecular complexity index is 516. The lowest BCUT2D eigenvalue weighted by Crippen LogP contribution is -2.40. The Labute approximate surface area is 120 Å². The lowest BCUT2D eigenvalue weighted by atomic mass is 9.97. The molecule has 2 unspecified atom stereocenters. The molecule has 0 bridgehead atoms. The molecule has 1 aromatic rings. The molecule has 0 saturated heterocycles. The van der Waals surface area contributed by atoms with Crippen LogP contribution >= 0.6 is 0 Å². The summed E-state index contributed by atoms with van der Waals surface area (Å²) in [6.07, 6.45) is 1.97. The molecule has 0 spiro atoms. The number of nitrogens with two attached hydrogens (primary N) is 1. The minimum Gasteiger partial charge on any atom is -0.326 e. The van der Waals surface area contributed by atoms with E-state index >= 15 is 0 Å². The minimum atomic E-state index is -3.02. The maximum atomic E-state index is 13.0. The summed E-state index contributed by atoms with van der Waals surface area (Å²) in [5.41, 5.74) is 7.04. The van der Waals surface area contributed by atoms with Crippen LogP contribution in [0.2, 0.25) is 0 Å². The average molecular weight is 302 g/mol. The van der Waals surface area contributed by atoms with E-state index in [1.165, 1.54) is 18.4 Å². The maximum absolute atomic E-state index is 13.0. The van der Waals surface area contributed by atoms with Gasteiger partial charge in [-0.05, 0) is 31.2 Å². The number of benzene rings is 1. The molecule has 0 fully saturated rings. The van der Waals surface area contributed by atoms with E-state index in [2.05, 4.69) is 0 Å². The minimum absolute atomic E-state index is 0.0810. The van der Waals surface area contributed by atoms with E-state index in [9.17, 15) is 12.8 Å². The number of nitrogens with zero attached hydrogens (tertiary/aromatic N) is 1. The first-order valence-corrected chi connectivity index (χ1v) is 8.69. The summed E-state index contributed by atoms with van der Waals surface area (Å²) in [6.45, 7) is 2.38. The van der Waals surface area contributed by atoms with Crippen molar-refractivity contribution in [3.05, 3.63) is 35.6 Å². The van der Waals surface area contributed by atoms with Gasteiger partial charge in [-0.1, -0.05) is 19.1 Å². The van der Waals surface area contributed by atoms with Crippen LogP contribution in [0.1, 0.15) is 24.9 Å². The van der Waals surface area contributed by atoms with E-state index in [-0.39, 0.29) is 23.7 Å². The lowest BCUT2D eigenvalue weighted by Gasteiger charge is -2.32. The van der Waals surface area contributed by atoms with Crippen molar-refractivity contribution in [2.45, 2.75) is 25.4 Å². The predicted molar refractivity (Wildman–Crippen MR) is 79.7 cm³/mol. The number of likely N-dealkylation sites (N-methyl/N-ethyl adjacent to an activating group) is 1. The van der Waals surface area contributed by atoms with Crippen molar-refractivity contribution < 1.29 is 12.8 Å². The SMILES string of the molecule is CCC(N)C(c1ccc(F)cc1)N(C)CCS(C)(=O)=O. The average Bonchev–Trinajstić information content (AvgIpc) is 2.38. The molecule has 0 aliphatic rings. The summed E-state index contributed by atoms with van der Waals surface area (Å²) in [7, 11) is -1.17. The third-order valence-corrected chi connectivity index (χ3v) is 4.30. The molecule has 0 radical (unpaired) electrons. The second kappa shape index (κ2) is 7.15. The van der Waals surface area contributed by atoms with Crippen LogP contribution in [0.4, 0.5) is 4.39 Å². The molecule has 0 amide bonds. The van der Waals surface area contributed by atoms with Crippen LogP contribution in [0.15, 0.2) is 24.3 Å². The normalized spacial score (nSPS) is 15.3. The Balaban J connectivity index is 2.91. The van der Waals surface area contributed by atoms with Crippen LogP contribution in [0.5, 0.6) is 0 Å². The zero-order valence-electron chi connectivity index (χ0n) is 12.2. The number of halogens is 1. The van der Waals surface area contributed by atoms with Gasteiger partial charge < -0.3 is 5.73 Å². The zero-order valence-corrected chi connectivity index (χ0v) is 13.0. The Hall–Kier alpha value is -0.980. The van der Waals surface area contributed by atoms with Gasteiger partial charge >= 0.3 is 0 Å². The second-order valence-electron chi connectivity index (χ2n) is 5.18. The van der Waals surface area contributed by atoms with E-state index in [1.54, 1.807) is 12.1 Å². The van der Waals surface area contributed by atoms with Gasteiger partial charge in [0, 0.05) is 24.9 Å². The molecule has 2 N–H and O–H groups in total. The summed E-state index contributed by atoms with van der Waals surface area (Å²) < 4.78 is 35.6. The van der Waals surface area contributed by atoms with E-state index in [4.69, 9.17) is 5.73 Å². The van der Waals surface area contributed by atoms with Crippen LogP contribution in [0.25, 0.3) is 0 Å². The van der Waals surface area contributed by atoms with E-state index < -0.39 is 9.84 Å². The van der Waals surface area contributed by atoms with E-state index in [0.717, 1.165) is 12.0 Å². The van der Waals surface area contributed by atoms with Gasteiger partial charge in [0.2, 0.25) is 0 Å². The summed E-state index contributed by atoms with van der Waals surface area (Å²) in [6, 6.07) is 5.94. The van der Waals surface area contributed by atoms with Crippen molar-refractivity contribution >= 4 is 9.84 Å². The second-order valence-corrected chi connectivity index (χ2v) is 7.44. The number of rotatable bonds is 7. The van der Waals surface area contributed by atoms with Gasteiger partial charge in [0.25, 0.3) is 0 Å². The van der Waals surface area contributed by atoms with Gasteiger partial charge in [0.15, 0.2) is 0 Å².